The van der Waals surface area contributed by atoms with Crippen LogP contribution in [0.5, 0.6) is 5.75 Å². The highest BCUT2D eigenvalue weighted by Gasteiger charge is 2.16. The first-order valence-electron chi connectivity index (χ1n) is 10.4. The molecule has 0 aliphatic heterocycles. The number of phenols is 1. The first kappa shape index (κ1) is 23.2. The van der Waals surface area contributed by atoms with Gasteiger partial charge in [-0.1, -0.05) is 94.4 Å². The van der Waals surface area contributed by atoms with Crippen molar-refractivity contribution < 1.29 is 9.90 Å². The maximum Gasteiger partial charge on any atom is 0.257 e. The van der Waals surface area contributed by atoms with Gasteiger partial charge in [-0.2, -0.15) is 0 Å². The highest BCUT2D eigenvalue weighted by Crippen LogP contribution is 2.29. The van der Waals surface area contributed by atoms with Crippen molar-refractivity contribution in [2.45, 2.75) is 39.5 Å². The number of hydrogen-bond donors (Lipinski definition) is 1. The van der Waals surface area contributed by atoms with Gasteiger partial charge in [-0.25, -0.2) is 0 Å². The molecule has 0 aromatic heterocycles. The Morgan fingerprint density at radius 3 is 1.83 bits per heavy atom. The average molecular weight is 404 g/mol. The number of benzene rings is 3. The van der Waals surface area contributed by atoms with Gasteiger partial charge in [-0.3, -0.25) is 4.79 Å². The molecule has 30 heavy (non-hydrogen) atoms. The molecule has 1 N–H and O–H groups in total. The average Bonchev–Trinajstić information content (AvgIpc) is 2.74. The number of nitrogens with zero attached hydrogens (tertiary/aromatic N) is 1. The second-order valence-electron chi connectivity index (χ2n) is 8.21. The van der Waals surface area contributed by atoms with E-state index < -0.39 is 0 Å². The topological polar surface area (TPSA) is 40.5 Å². The van der Waals surface area contributed by atoms with Crippen LogP contribution in [-0.2, 0) is 0 Å². The second-order valence-corrected chi connectivity index (χ2v) is 8.21. The minimum Gasteiger partial charge on any atom is -0.507 e. The lowest BCUT2D eigenvalue weighted by molar-refractivity contribution is 0.0824. The summed E-state index contributed by atoms with van der Waals surface area (Å²) in [7, 11) is 3.34. The van der Waals surface area contributed by atoms with E-state index in [9.17, 15) is 9.90 Å². The number of para-hydroxylation sites is 1. The summed E-state index contributed by atoms with van der Waals surface area (Å²) in [5.74, 6) is 0.711. The van der Waals surface area contributed by atoms with Gasteiger partial charge in [-0.15, -0.1) is 0 Å². The number of phenolic OH excluding ortho intramolecular Hbond substituents is 1. The van der Waals surface area contributed by atoms with Gasteiger partial charge in [0.05, 0.1) is 5.56 Å². The van der Waals surface area contributed by atoms with Crippen molar-refractivity contribution in [2.24, 2.45) is 0 Å². The highest BCUT2D eigenvalue weighted by atomic mass is 16.3. The lowest BCUT2D eigenvalue weighted by Gasteiger charge is -2.15. The van der Waals surface area contributed by atoms with Gasteiger partial charge in [0.15, 0.2) is 0 Å². The SMILES string of the molecule is CC(C)c1cccc(C(=O)N(C)C)c1O.CC(C)c1ccccc1-c1ccccc1. The standard InChI is InChI=1S/C15H16.C12H17NO2/c1-12(2)14-10-6-7-11-15(14)13-8-4-3-5-9-13;1-8(2)9-6-5-7-10(11(9)14)12(15)13(3)4/h3-12H,1-2H3;5-8,14H,1-4H3. The third-order valence-corrected chi connectivity index (χ3v) is 4.99. The molecule has 0 bridgehead atoms. The zero-order chi connectivity index (χ0) is 22.3. The fourth-order valence-corrected chi connectivity index (χ4v) is 3.32. The number of aromatic hydroxyl groups is 1. The minimum atomic E-state index is -0.171. The molecular weight excluding hydrogens is 370 g/mol. The summed E-state index contributed by atoms with van der Waals surface area (Å²) >= 11 is 0. The number of hydrogen-bond acceptors (Lipinski definition) is 2. The van der Waals surface area contributed by atoms with Crippen LogP contribution in [-0.4, -0.2) is 30.0 Å². The number of carbonyl (C=O) groups excluding carboxylic acids is 1. The fourth-order valence-electron chi connectivity index (χ4n) is 3.32. The molecule has 3 aromatic rings. The summed E-state index contributed by atoms with van der Waals surface area (Å²) in [4.78, 5) is 13.2. The predicted molar refractivity (Wildman–Crippen MR) is 126 cm³/mol. The van der Waals surface area contributed by atoms with Crippen molar-refractivity contribution in [2.75, 3.05) is 14.1 Å². The summed E-state index contributed by atoms with van der Waals surface area (Å²) in [6, 6.07) is 24.5. The third kappa shape index (κ3) is 5.73. The van der Waals surface area contributed by atoms with Crippen LogP contribution in [0.15, 0.2) is 72.8 Å². The van der Waals surface area contributed by atoms with Crippen molar-refractivity contribution in [1.29, 1.82) is 0 Å². The first-order valence-corrected chi connectivity index (χ1v) is 10.4. The van der Waals surface area contributed by atoms with E-state index in [2.05, 4.69) is 68.4 Å². The predicted octanol–water partition coefficient (Wildman–Crippen LogP) is 6.69. The van der Waals surface area contributed by atoms with Crippen molar-refractivity contribution in [1.82, 2.24) is 4.90 Å². The van der Waals surface area contributed by atoms with Gasteiger partial charge < -0.3 is 10.0 Å². The van der Waals surface area contributed by atoms with E-state index in [-0.39, 0.29) is 17.6 Å². The first-order chi connectivity index (χ1) is 14.2. The van der Waals surface area contributed by atoms with Gasteiger partial charge in [-0.05, 0) is 40.2 Å². The van der Waals surface area contributed by atoms with E-state index in [1.165, 1.54) is 21.6 Å². The molecular formula is C27H33NO2. The molecule has 0 aliphatic rings. The van der Waals surface area contributed by atoms with Crippen molar-refractivity contribution in [3.8, 4) is 16.9 Å². The van der Waals surface area contributed by atoms with Gasteiger partial charge >= 0.3 is 0 Å². The molecule has 3 nitrogen and oxygen atoms in total. The quantitative estimate of drug-likeness (QED) is 0.527. The Morgan fingerprint density at radius 1 is 0.733 bits per heavy atom. The minimum absolute atomic E-state index is 0.103. The van der Waals surface area contributed by atoms with Crippen LogP contribution >= 0.6 is 0 Å². The Morgan fingerprint density at radius 2 is 1.27 bits per heavy atom. The molecule has 3 aromatic carbocycles. The number of rotatable bonds is 4. The Bertz CT molecular complexity index is 960. The zero-order valence-electron chi connectivity index (χ0n) is 18.9. The molecule has 0 atom stereocenters. The van der Waals surface area contributed by atoms with Gasteiger partial charge in [0.1, 0.15) is 5.75 Å². The van der Waals surface area contributed by atoms with Crippen molar-refractivity contribution in [3.05, 3.63) is 89.5 Å². The Kier molecular flexibility index (Phi) is 8.23. The van der Waals surface area contributed by atoms with Gasteiger partial charge in [0.2, 0.25) is 0 Å². The molecule has 1 amide bonds. The molecule has 158 valence electrons. The summed E-state index contributed by atoms with van der Waals surface area (Å²) in [6.45, 7) is 8.45. The van der Waals surface area contributed by atoms with E-state index in [4.69, 9.17) is 0 Å². The van der Waals surface area contributed by atoms with Crippen molar-refractivity contribution >= 4 is 5.91 Å². The number of amides is 1. The van der Waals surface area contributed by atoms with Crippen LogP contribution in [0.25, 0.3) is 11.1 Å². The monoisotopic (exact) mass is 403 g/mol. The van der Waals surface area contributed by atoms with Crippen LogP contribution in [0.2, 0.25) is 0 Å². The van der Waals surface area contributed by atoms with E-state index in [0.717, 1.165) is 5.56 Å². The molecule has 0 radical (unpaired) electrons. The normalized spacial score (nSPS) is 10.5. The Balaban J connectivity index is 0.000000214. The largest absolute Gasteiger partial charge is 0.507 e. The Labute approximate surface area is 181 Å². The highest BCUT2D eigenvalue weighted by molar-refractivity contribution is 5.97. The van der Waals surface area contributed by atoms with E-state index in [1.54, 1.807) is 26.2 Å². The van der Waals surface area contributed by atoms with Crippen molar-refractivity contribution in [3.63, 3.8) is 0 Å². The molecule has 0 fully saturated rings. The molecule has 3 heteroatoms. The fraction of sp³-hybridized carbons (Fsp3) is 0.296. The van der Waals surface area contributed by atoms with Crippen LogP contribution in [0, 0.1) is 0 Å². The second kappa shape index (κ2) is 10.6. The maximum absolute atomic E-state index is 11.7. The molecule has 0 saturated carbocycles. The third-order valence-electron chi connectivity index (χ3n) is 4.99. The van der Waals surface area contributed by atoms with Gasteiger partial charge in [0.25, 0.3) is 5.91 Å². The van der Waals surface area contributed by atoms with Crippen LogP contribution in [0.4, 0.5) is 0 Å². The molecule has 0 saturated heterocycles. The van der Waals surface area contributed by atoms with E-state index in [0.29, 0.717) is 11.5 Å². The summed E-state index contributed by atoms with van der Waals surface area (Å²) in [5.41, 5.74) is 5.26. The summed E-state index contributed by atoms with van der Waals surface area (Å²) in [6.07, 6.45) is 0. The Hall–Kier alpha value is -3.07. The van der Waals surface area contributed by atoms with Crippen LogP contribution in [0.3, 0.4) is 0 Å². The summed E-state index contributed by atoms with van der Waals surface area (Å²) in [5, 5.41) is 9.93. The lowest BCUT2D eigenvalue weighted by Crippen LogP contribution is -2.22. The zero-order valence-corrected chi connectivity index (χ0v) is 18.9. The lowest BCUT2D eigenvalue weighted by atomic mass is 9.93. The number of carbonyl (C=O) groups is 1. The molecule has 3 rings (SSSR count). The molecule has 0 spiro atoms. The molecule has 0 heterocycles. The molecule has 0 aliphatic carbocycles. The molecule has 0 unspecified atom stereocenters. The van der Waals surface area contributed by atoms with E-state index >= 15 is 0 Å². The van der Waals surface area contributed by atoms with Crippen LogP contribution in [0.1, 0.15) is 61.0 Å². The smallest absolute Gasteiger partial charge is 0.257 e. The maximum atomic E-state index is 11.7. The van der Waals surface area contributed by atoms with Crippen LogP contribution < -0.4 is 0 Å². The van der Waals surface area contributed by atoms with E-state index in [1.807, 2.05) is 19.9 Å². The summed E-state index contributed by atoms with van der Waals surface area (Å²) < 4.78 is 0. The van der Waals surface area contributed by atoms with Gasteiger partial charge in [0, 0.05) is 14.1 Å².